The van der Waals surface area contributed by atoms with E-state index in [2.05, 4.69) is 32.9 Å². The molecule has 3 heteroatoms. The zero-order valence-corrected chi connectivity index (χ0v) is 13.2. The van der Waals surface area contributed by atoms with Crippen LogP contribution < -0.4 is 10.5 Å². The molecule has 1 aromatic rings. The van der Waals surface area contributed by atoms with Gasteiger partial charge in [0.1, 0.15) is 5.75 Å². The lowest BCUT2D eigenvalue weighted by atomic mass is 9.81. The summed E-state index contributed by atoms with van der Waals surface area (Å²) in [6.07, 6.45) is 0.685. The van der Waals surface area contributed by atoms with Crippen LogP contribution >= 0.6 is 0 Å². The molecular weight excluding hydrogens is 250 g/mol. The van der Waals surface area contributed by atoms with Crippen molar-refractivity contribution in [2.75, 3.05) is 0 Å². The summed E-state index contributed by atoms with van der Waals surface area (Å²) in [7, 11) is 0. The van der Waals surface area contributed by atoms with Crippen LogP contribution in [0.25, 0.3) is 0 Å². The van der Waals surface area contributed by atoms with E-state index >= 15 is 0 Å². The maximum absolute atomic E-state index is 6.47. The molecule has 0 aliphatic carbocycles. The smallest absolute Gasteiger partial charge is 0.119 e. The Morgan fingerprint density at radius 1 is 1.05 bits per heavy atom. The van der Waals surface area contributed by atoms with Crippen LogP contribution in [-0.4, -0.2) is 18.3 Å². The van der Waals surface area contributed by atoms with Gasteiger partial charge in [-0.15, -0.1) is 0 Å². The fraction of sp³-hybridized carbons (Fsp3) is 0.647. The predicted octanol–water partition coefficient (Wildman–Crippen LogP) is 3.53. The SMILES string of the molecule is CC(C)Oc1ccc(C(N)C2C(C)OC(C)C2C)cc1. The number of nitrogens with two attached hydrogens (primary N) is 1. The van der Waals surface area contributed by atoms with Crippen molar-refractivity contribution in [2.24, 2.45) is 17.6 Å². The van der Waals surface area contributed by atoms with Gasteiger partial charge in [0, 0.05) is 12.0 Å². The summed E-state index contributed by atoms with van der Waals surface area (Å²) in [6.45, 7) is 10.5. The maximum Gasteiger partial charge on any atom is 0.119 e. The molecular formula is C17H27NO2. The Hall–Kier alpha value is -1.06. The third kappa shape index (κ3) is 3.15. The number of hydrogen-bond donors (Lipinski definition) is 1. The summed E-state index contributed by atoms with van der Waals surface area (Å²) in [5, 5.41) is 0. The Labute approximate surface area is 122 Å². The Morgan fingerprint density at radius 2 is 1.65 bits per heavy atom. The van der Waals surface area contributed by atoms with Crippen LogP contribution in [0, 0.1) is 11.8 Å². The van der Waals surface area contributed by atoms with Crippen LogP contribution in [-0.2, 0) is 4.74 Å². The fourth-order valence-corrected chi connectivity index (χ4v) is 3.18. The molecule has 112 valence electrons. The second-order valence-corrected chi connectivity index (χ2v) is 6.24. The highest BCUT2D eigenvalue weighted by Gasteiger charge is 2.40. The van der Waals surface area contributed by atoms with Gasteiger partial charge in [-0.05, 0) is 51.3 Å². The highest BCUT2D eigenvalue weighted by molar-refractivity contribution is 5.30. The van der Waals surface area contributed by atoms with Crippen molar-refractivity contribution in [3.8, 4) is 5.75 Å². The van der Waals surface area contributed by atoms with Crippen molar-refractivity contribution < 1.29 is 9.47 Å². The summed E-state index contributed by atoms with van der Waals surface area (Å²) in [5.74, 6) is 1.74. The minimum atomic E-state index is 0.0121. The zero-order chi connectivity index (χ0) is 14.9. The summed E-state index contributed by atoms with van der Waals surface area (Å²) < 4.78 is 11.6. The first-order valence-electron chi connectivity index (χ1n) is 7.57. The van der Waals surface area contributed by atoms with Gasteiger partial charge in [0.2, 0.25) is 0 Å². The molecule has 0 bridgehead atoms. The molecule has 5 atom stereocenters. The van der Waals surface area contributed by atoms with Gasteiger partial charge < -0.3 is 15.2 Å². The summed E-state index contributed by atoms with van der Waals surface area (Å²) >= 11 is 0. The van der Waals surface area contributed by atoms with Gasteiger partial charge in [-0.25, -0.2) is 0 Å². The highest BCUT2D eigenvalue weighted by Crippen LogP contribution is 2.39. The van der Waals surface area contributed by atoms with Crippen LogP contribution in [0.4, 0.5) is 0 Å². The molecule has 20 heavy (non-hydrogen) atoms. The molecule has 1 heterocycles. The van der Waals surface area contributed by atoms with Crippen molar-refractivity contribution in [2.45, 2.75) is 59.0 Å². The summed E-state index contributed by atoms with van der Waals surface area (Å²) in [5.41, 5.74) is 7.63. The summed E-state index contributed by atoms with van der Waals surface area (Å²) in [4.78, 5) is 0. The molecule has 0 radical (unpaired) electrons. The van der Waals surface area contributed by atoms with Gasteiger partial charge in [0.15, 0.2) is 0 Å². The minimum Gasteiger partial charge on any atom is -0.491 e. The van der Waals surface area contributed by atoms with Crippen molar-refractivity contribution in [3.63, 3.8) is 0 Å². The van der Waals surface area contributed by atoms with Gasteiger partial charge in [-0.3, -0.25) is 0 Å². The first kappa shape index (κ1) is 15.3. The van der Waals surface area contributed by atoms with E-state index in [1.165, 1.54) is 0 Å². The topological polar surface area (TPSA) is 44.5 Å². The number of benzene rings is 1. The van der Waals surface area contributed by atoms with Gasteiger partial charge in [0.25, 0.3) is 0 Å². The first-order valence-corrected chi connectivity index (χ1v) is 7.57. The predicted molar refractivity (Wildman–Crippen MR) is 81.8 cm³/mol. The molecule has 0 saturated carbocycles. The zero-order valence-electron chi connectivity index (χ0n) is 13.2. The molecule has 1 fully saturated rings. The van der Waals surface area contributed by atoms with E-state index in [-0.39, 0.29) is 24.4 Å². The Morgan fingerprint density at radius 3 is 2.10 bits per heavy atom. The summed E-state index contributed by atoms with van der Waals surface area (Å²) in [6, 6.07) is 8.17. The van der Waals surface area contributed by atoms with E-state index in [1.807, 2.05) is 26.0 Å². The monoisotopic (exact) mass is 277 g/mol. The lowest BCUT2D eigenvalue weighted by Gasteiger charge is -2.26. The molecule has 1 aliphatic heterocycles. The van der Waals surface area contributed by atoms with Crippen LogP contribution in [0.3, 0.4) is 0 Å². The molecule has 2 rings (SSSR count). The second-order valence-electron chi connectivity index (χ2n) is 6.24. The first-order chi connectivity index (χ1) is 9.40. The molecule has 0 amide bonds. The normalized spacial score (nSPS) is 31.6. The number of hydrogen-bond acceptors (Lipinski definition) is 3. The van der Waals surface area contributed by atoms with E-state index in [0.29, 0.717) is 11.8 Å². The van der Waals surface area contributed by atoms with Crippen LogP contribution in [0.1, 0.15) is 46.2 Å². The highest BCUT2D eigenvalue weighted by atomic mass is 16.5. The van der Waals surface area contributed by atoms with Crippen LogP contribution in [0.2, 0.25) is 0 Å². The van der Waals surface area contributed by atoms with Gasteiger partial charge in [-0.1, -0.05) is 19.1 Å². The molecule has 3 nitrogen and oxygen atoms in total. The Balaban J connectivity index is 2.11. The minimum absolute atomic E-state index is 0.0121. The lowest BCUT2D eigenvalue weighted by Crippen LogP contribution is -2.30. The quantitative estimate of drug-likeness (QED) is 0.915. The molecule has 0 aromatic heterocycles. The molecule has 1 aromatic carbocycles. The van der Waals surface area contributed by atoms with Crippen LogP contribution in [0.5, 0.6) is 5.75 Å². The number of rotatable bonds is 4. The lowest BCUT2D eigenvalue weighted by molar-refractivity contribution is 0.0489. The van der Waals surface area contributed by atoms with Gasteiger partial charge >= 0.3 is 0 Å². The van der Waals surface area contributed by atoms with Gasteiger partial charge in [0.05, 0.1) is 18.3 Å². The average Bonchev–Trinajstić information content (AvgIpc) is 2.63. The van der Waals surface area contributed by atoms with Crippen LogP contribution in [0.15, 0.2) is 24.3 Å². The molecule has 2 N–H and O–H groups in total. The van der Waals surface area contributed by atoms with E-state index in [9.17, 15) is 0 Å². The van der Waals surface area contributed by atoms with Crippen molar-refractivity contribution >= 4 is 0 Å². The van der Waals surface area contributed by atoms with E-state index in [0.717, 1.165) is 11.3 Å². The average molecular weight is 277 g/mol. The molecule has 1 saturated heterocycles. The maximum atomic E-state index is 6.47. The molecule has 0 spiro atoms. The molecule has 5 unspecified atom stereocenters. The number of ether oxygens (including phenoxy) is 2. The van der Waals surface area contributed by atoms with Gasteiger partial charge in [-0.2, -0.15) is 0 Å². The Kier molecular flexibility index (Phi) is 4.71. The standard InChI is InChI=1S/C17H27NO2/c1-10(2)19-15-8-6-14(7-9-15)17(18)16-11(3)12(4)20-13(16)5/h6-13,16-17H,18H2,1-5H3. The van der Waals surface area contributed by atoms with E-state index in [4.69, 9.17) is 15.2 Å². The molecule has 1 aliphatic rings. The van der Waals surface area contributed by atoms with Crippen molar-refractivity contribution in [3.05, 3.63) is 29.8 Å². The second kappa shape index (κ2) is 6.15. The Bertz CT molecular complexity index is 429. The van der Waals surface area contributed by atoms with E-state index in [1.54, 1.807) is 0 Å². The fourth-order valence-electron chi connectivity index (χ4n) is 3.18. The van der Waals surface area contributed by atoms with Crippen molar-refractivity contribution in [1.82, 2.24) is 0 Å². The van der Waals surface area contributed by atoms with E-state index < -0.39 is 0 Å². The third-order valence-corrected chi connectivity index (χ3v) is 4.37. The van der Waals surface area contributed by atoms with Crippen molar-refractivity contribution in [1.29, 1.82) is 0 Å². The third-order valence-electron chi connectivity index (χ3n) is 4.37. The largest absolute Gasteiger partial charge is 0.491 e.